The standard InChI is InChI=1S/C19H23N5O4/c1-13-18(14(2)28-21-13)16-5-3-4-15(10-16)11-22-6-7-23-12-17(24(25)26)20-19(23)27-9-8-22/h3-5,10,12,14,18H,6-9,11H2,1-2H3. The molecule has 2 aliphatic heterocycles. The summed E-state index contributed by atoms with van der Waals surface area (Å²) in [7, 11) is 0. The first-order valence-electron chi connectivity index (χ1n) is 9.37. The molecule has 2 aromatic rings. The minimum atomic E-state index is -0.496. The molecule has 3 heterocycles. The largest absolute Gasteiger partial charge is 0.444 e. The van der Waals surface area contributed by atoms with Crippen molar-refractivity contribution in [1.82, 2.24) is 14.5 Å². The van der Waals surface area contributed by atoms with E-state index >= 15 is 0 Å². The van der Waals surface area contributed by atoms with Gasteiger partial charge in [-0.05, 0) is 29.9 Å². The summed E-state index contributed by atoms with van der Waals surface area (Å²) in [5.41, 5.74) is 3.42. The summed E-state index contributed by atoms with van der Waals surface area (Å²) in [5, 5.41) is 15.0. The lowest BCUT2D eigenvalue weighted by atomic mass is 9.90. The van der Waals surface area contributed by atoms with Gasteiger partial charge in [0.1, 0.15) is 18.9 Å². The second kappa shape index (κ2) is 7.59. The van der Waals surface area contributed by atoms with E-state index in [9.17, 15) is 10.1 Å². The van der Waals surface area contributed by atoms with Crippen LogP contribution in [0.15, 0.2) is 35.6 Å². The molecule has 0 aliphatic carbocycles. The van der Waals surface area contributed by atoms with Gasteiger partial charge in [0.05, 0.1) is 11.6 Å². The third-order valence-electron chi connectivity index (χ3n) is 5.21. The molecule has 148 valence electrons. The van der Waals surface area contributed by atoms with E-state index in [4.69, 9.17) is 9.57 Å². The first kappa shape index (κ1) is 18.4. The van der Waals surface area contributed by atoms with Gasteiger partial charge >= 0.3 is 11.8 Å². The Morgan fingerprint density at radius 3 is 2.93 bits per heavy atom. The molecule has 0 saturated carbocycles. The van der Waals surface area contributed by atoms with Crippen LogP contribution in [0.2, 0.25) is 0 Å². The maximum Gasteiger partial charge on any atom is 0.414 e. The Labute approximate surface area is 162 Å². The van der Waals surface area contributed by atoms with Gasteiger partial charge in [-0.1, -0.05) is 29.4 Å². The average Bonchev–Trinajstić information content (AvgIpc) is 3.20. The van der Waals surface area contributed by atoms with Crippen molar-refractivity contribution in [3.8, 4) is 6.01 Å². The zero-order chi connectivity index (χ0) is 19.7. The Hall–Kier alpha value is -2.94. The molecular weight excluding hydrogens is 362 g/mol. The van der Waals surface area contributed by atoms with E-state index in [1.54, 1.807) is 4.57 Å². The fourth-order valence-electron chi connectivity index (χ4n) is 3.81. The molecule has 4 rings (SSSR count). The summed E-state index contributed by atoms with van der Waals surface area (Å²) >= 11 is 0. The van der Waals surface area contributed by atoms with E-state index in [1.807, 2.05) is 13.8 Å². The molecule has 9 nitrogen and oxygen atoms in total. The zero-order valence-electron chi connectivity index (χ0n) is 15.9. The summed E-state index contributed by atoms with van der Waals surface area (Å²) in [5.74, 6) is 0.00533. The van der Waals surface area contributed by atoms with Crippen molar-refractivity contribution in [2.45, 2.75) is 39.0 Å². The monoisotopic (exact) mass is 385 g/mol. The van der Waals surface area contributed by atoms with Crippen LogP contribution in [-0.4, -0.2) is 50.9 Å². The molecule has 0 N–H and O–H groups in total. The maximum atomic E-state index is 10.9. The molecule has 1 aromatic heterocycles. The molecule has 9 heteroatoms. The zero-order valence-corrected chi connectivity index (χ0v) is 15.9. The minimum absolute atomic E-state index is 0.0424. The van der Waals surface area contributed by atoms with Crippen molar-refractivity contribution in [3.63, 3.8) is 0 Å². The maximum absolute atomic E-state index is 10.9. The number of ether oxygens (including phenoxy) is 1. The topological polar surface area (TPSA) is 95.0 Å². The smallest absolute Gasteiger partial charge is 0.414 e. The van der Waals surface area contributed by atoms with Gasteiger partial charge in [0.15, 0.2) is 0 Å². The van der Waals surface area contributed by atoms with Crippen LogP contribution >= 0.6 is 0 Å². The van der Waals surface area contributed by atoms with Gasteiger partial charge in [-0.25, -0.2) is 0 Å². The second-order valence-electron chi connectivity index (χ2n) is 7.22. The Bertz CT molecular complexity index is 909. The van der Waals surface area contributed by atoms with Crippen LogP contribution in [0.25, 0.3) is 0 Å². The number of fused-ring (bicyclic) bond motifs is 1. The van der Waals surface area contributed by atoms with Crippen molar-refractivity contribution in [3.05, 3.63) is 51.7 Å². The van der Waals surface area contributed by atoms with Gasteiger partial charge in [0, 0.05) is 31.2 Å². The Morgan fingerprint density at radius 1 is 1.32 bits per heavy atom. The predicted octanol–water partition coefficient (Wildman–Crippen LogP) is 2.56. The number of imidazole rings is 1. The first-order chi connectivity index (χ1) is 13.5. The van der Waals surface area contributed by atoms with Crippen LogP contribution in [0.1, 0.15) is 30.9 Å². The van der Waals surface area contributed by atoms with Crippen LogP contribution < -0.4 is 4.74 Å². The van der Waals surface area contributed by atoms with Crippen molar-refractivity contribution < 1.29 is 14.5 Å². The molecule has 0 fully saturated rings. The lowest BCUT2D eigenvalue weighted by Crippen LogP contribution is -2.33. The van der Waals surface area contributed by atoms with Crippen LogP contribution in [-0.2, 0) is 17.9 Å². The van der Waals surface area contributed by atoms with Crippen LogP contribution in [0.5, 0.6) is 6.01 Å². The quantitative estimate of drug-likeness (QED) is 0.593. The molecule has 0 saturated heterocycles. The highest BCUT2D eigenvalue weighted by Gasteiger charge is 2.29. The van der Waals surface area contributed by atoms with E-state index in [0.29, 0.717) is 19.2 Å². The van der Waals surface area contributed by atoms with Gasteiger partial charge in [0.2, 0.25) is 0 Å². The summed E-state index contributed by atoms with van der Waals surface area (Å²) in [6.07, 6.45) is 1.48. The number of aromatic nitrogens is 2. The number of oxime groups is 1. The van der Waals surface area contributed by atoms with Gasteiger partial charge in [-0.15, -0.1) is 0 Å². The number of nitro groups is 1. The molecule has 0 amide bonds. The van der Waals surface area contributed by atoms with Crippen molar-refractivity contribution in [2.75, 3.05) is 19.7 Å². The molecule has 28 heavy (non-hydrogen) atoms. The molecular formula is C19H23N5O4. The number of nitrogens with zero attached hydrogens (tertiary/aromatic N) is 5. The summed E-state index contributed by atoms with van der Waals surface area (Å²) in [6.45, 7) is 7.34. The van der Waals surface area contributed by atoms with Crippen LogP contribution in [0.3, 0.4) is 0 Å². The highest BCUT2D eigenvalue weighted by molar-refractivity contribution is 5.90. The highest BCUT2D eigenvalue weighted by Crippen LogP contribution is 2.29. The summed E-state index contributed by atoms with van der Waals surface area (Å²) < 4.78 is 7.34. The normalized spacial score (nSPS) is 22.4. The first-order valence-corrected chi connectivity index (χ1v) is 9.37. The molecule has 2 unspecified atom stereocenters. The van der Waals surface area contributed by atoms with E-state index in [0.717, 1.165) is 25.3 Å². The fraction of sp³-hybridized carbons (Fsp3) is 0.474. The van der Waals surface area contributed by atoms with Crippen LogP contribution in [0, 0.1) is 10.1 Å². The Morgan fingerprint density at radius 2 is 2.18 bits per heavy atom. The molecule has 2 aliphatic rings. The van der Waals surface area contributed by atoms with Gasteiger partial charge < -0.3 is 19.7 Å². The van der Waals surface area contributed by atoms with Crippen molar-refractivity contribution in [2.24, 2.45) is 5.16 Å². The summed E-state index contributed by atoms with van der Waals surface area (Å²) in [4.78, 5) is 22.1. The SMILES string of the molecule is CC1=NOC(C)C1c1cccc(CN2CCOc3nc([N+](=O)[O-])cn3CC2)c1. The molecule has 1 aromatic carbocycles. The number of rotatable bonds is 4. The number of hydrogen-bond acceptors (Lipinski definition) is 7. The van der Waals surface area contributed by atoms with E-state index in [2.05, 4.69) is 39.3 Å². The van der Waals surface area contributed by atoms with Gasteiger partial charge in [-0.2, -0.15) is 0 Å². The molecule has 0 spiro atoms. The second-order valence-corrected chi connectivity index (χ2v) is 7.22. The molecule has 2 atom stereocenters. The fourth-order valence-corrected chi connectivity index (χ4v) is 3.81. The van der Waals surface area contributed by atoms with Crippen molar-refractivity contribution in [1.29, 1.82) is 0 Å². The number of benzene rings is 1. The van der Waals surface area contributed by atoms with Gasteiger partial charge in [0.25, 0.3) is 0 Å². The lowest BCUT2D eigenvalue weighted by molar-refractivity contribution is -0.389. The van der Waals surface area contributed by atoms with E-state index < -0.39 is 4.92 Å². The third-order valence-corrected chi connectivity index (χ3v) is 5.21. The van der Waals surface area contributed by atoms with E-state index in [1.165, 1.54) is 17.3 Å². The Balaban J connectivity index is 1.45. The average molecular weight is 385 g/mol. The highest BCUT2D eigenvalue weighted by atomic mass is 16.6. The lowest BCUT2D eigenvalue weighted by Gasteiger charge is -2.25. The minimum Gasteiger partial charge on any atom is -0.444 e. The number of hydrogen-bond donors (Lipinski definition) is 0. The predicted molar refractivity (Wildman–Crippen MR) is 102 cm³/mol. The van der Waals surface area contributed by atoms with Crippen molar-refractivity contribution >= 4 is 11.5 Å². The summed E-state index contributed by atoms with van der Waals surface area (Å²) in [6, 6.07) is 8.83. The molecule has 0 bridgehead atoms. The third kappa shape index (κ3) is 3.70. The Kier molecular flexibility index (Phi) is 4.99. The van der Waals surface area contributed by atoms with Gasteiger partial charge in [-0.3, -0.25) is 9.47 Å². The van der Waals surface area contributed by atoms with Crippen LogP contribution in [0.4, 0.5) is 5.82 Å². The molecule has 0 radical (unpaired) electrons. The van der Waals surface area contributed by atoms with E-state index in [-0.39, 0.29) is 17.8 Å².